The van der Waals surface area contributed by atoms with Crippen molar-refractivity contribution in [2.24, 2.45) is 0 Å². The van der Waals surface area contributed by atoms with Crippen LogP contribution in [0.1, 0.15) is 5.56 Å². The van der Waals surface area contributed by atoms with E-state index in [1.54, 1.807) is 36.4 Å². The van der Waals surface area contributed by atoms with Gasteiger partial charge in [0.05, 0.1) is 5.56 Å². The molecule has 1 N–H and O–H groups in total. The number of aromatic nitrogens is 2. The lowest BCUT2D eigenvalue weighted by Crippen LogP contribution is -2.28. The number of hydrogen-bond donors (Lipinski definition) is 1. The smallest absolute Gasteiger partial charge is 0.258 e. The third-order valence-corrected chi connectivity index (χ3v) is 4.36. The third kappa shape index (κ3) is 4.52. The van der Waals surface area contributed by atoms with Crippen LogP contribution in [0.4, 0.5) is 4.39 Å². The van der Waals surface area contributed by atoms with Gasteiger partial charge in [-0.05, 0) is 30.3 Å². The van der Waals surface area contributed by atoms with E-state index in [-0.39, 0.29) is 30.8 Å². The molecule has 0 atom stereocenters. The molecule has 0 aliphatic rings. The van der Waals surface area contributed by atoms with Gasteiger partial charge in [-0.25, -0.2) is 4.39 Å². The Morgan fingerprint density at radius 3 is 2.43 bits per heavy atom. The summed E-state index contributed by atoms with van der Waals surface area (Å²) in [4.78, 5) is 12.1. The molecule has 0 aliphatic carbocycles. The van der Waals surface area contributed by atoms with Crippen molar-refractivity contribution in [1.82, 2.24) is 15.5 Å². The van der Waals surface area contributed by atoms with Gasteiger partial charge in [-0.1, -0.05) is 48.5 Å². The Bertz CT molecular complexity index is 1150. The molecule has 0 spiro atoms. The van der Waals surface area contributed by atoms with E-state index >= 15 is 0 Å². The van der Waals surface area contributed by atoms with Crippen LogP contribution in [0.2, 0.25) is 0 Å². The molecule has 0 aliphatic heterocycles. The summed E-state index contributed by atoms with van der Waals surface area (Å²) >= 11 is 0. The Labute approximate surface area is 172 Å². The molecule has 3 aromatic carbocycles. The molecular weight excluding hydrogens is 385 g/mol. The van der Waals surface area contributed by atoms with Crippen molar-refractivity contribution < 1.29 is 18.3 Å². The predicted molar refractivity (Wildman–Crippen MR) is 109 cm³/mol. The second-order valence-corrected chi connectivity index (χ2v) is 6.43. The monoisotopic (exact) mass is 403 g/mol. The number of para-hydroxylation sites is 1. The summed E-state index contributed by atoms with van der Waals surface area (Å²) in [5, 5.41) is 10.8. The molecule has 0 saturated carbocycles. The topological polar surface area (TPSA) is 77.2 Å². The number of amides is 1. The molecule has 0 unspecified atom stereocenters. The summed E-state index contributed by atoms with van der Waals surface area (Å²) in [6.45, 7) is -0.147. The maximum absolute atomic E-state index is 13.7. The van der Waals surface area contributed by atoms with Crippen LogP contribution in [-0.4, -0.2) is 22.7 Å². The van der Waals surface area contributed by atoms with E-state index in [9.17, 15) is 9.18 Å². The molecule has 150 valence electrons. The van der Waals surface area contributed by atoms with Crippen LogP contribution in [-0.2, 0) is 11.3 Å². The standard InChI is InChI=1S/C23H18FN3O3/c24-19-12-6-4-10-17(19)14-25-21(28)15-29-20-13-7-5-11-18(20)23-27-26-22(30-23)16-8-2-1-3-9-16/h1-13H,14-15H2,(H,25,28). The first-order chi connectivity index (χ1) is 14.7. The van der Waals surface area contributed by atoms with Crippen LogP contribution in [0.5, 0.6) is 5.75 Å². The molecule has 1 heterocycles. The van der Waals surface area contributed by atoms with Gasteiger partial charge >= 0.3 is 0 Å². The first kappa shape index (κ1) is 19.3. The van der Waals surface area contributed by atoms with Crippen molar-refractivity contribution >= 4 is 5.91 Å². The predicted octanol–water partition coefficient (Wildman–Crippen LogP) is 4.24. The summed E-state index contributed by atoms with van der Waals surface area (Å²) in [6, 6.07) is 22.8. The summed E-state index contributed by atoms with van der Waals surface area (Å²) in [5.74, 6) is 0.374. The SMILES string of the molecule is O=C(COc1ccccc1-c1nnc(-c2ccccc2)o1)NCc1ccccc1F. The molecule has 1 aromatic heterocycles. The van der Waals surface area contributed by atoms with Gasteiger partial charge in [-0.3, -0.25) is 4.79 Å². The maximum atomic E-state index is 13.7. The van der Waals surface area contributed by atoms with Gasteiger partial charge in [0.2, 0.25) is 5.89 Å². The van der Waals surface area contributed by atoms with Gasteiger partial charge < -0.3 is 14.5 Å². The molecular formula is C23H18FN3O3. The van der Waals surface area contributed by atoms with Crippen molar-refractivity contribution in [3.63, 3.8) is 0 Å². The van der Waals surface area contributed by atoms with Gasteiger partial charge in [0.25, 0.3) is 11.8 Å². The number of benzene rings is 3. The molecule has 4 aromatic rings. The van der Waals surface area contributed by atoms with E-state index in [1.807, 2.05) is 36.4 Å². The van der Waals surface area contributed by atoms with E-state index in [4.69, 9.17) is 9.15 Å². The fraction of sp³-hybridized carbons (Fsp3) is 0.0870. The fourth-order valence-electron chi connectivity index (χ4n) is 2.83. The van der Waals surface area contributed by atoms with Gasteiger partial charge in [0.15, 0.2) is 6.61 Å². The number of carbonyl (C=O) groups is 1. The number of ether oxygens (including phenoxy) is 1. The van der Waals surface area contributed by atoms with E-state index in [0.29, 0.717) is 22.8 Å². The lowest BCUT2D eigenvalue weighted by Gasteiger charge is -2.10. The quantitative estimate of drug-likeness (QED) is 0.500. The number of nitrogens with one attached hydrogen (secondary N) is 1. The van der Waals surface area contributed by atoms with Crippen LogP contribution < -0.4 is 10.1 Å². The van der Waals surface area contributed by atoms with E-state index in [1.165, 1.54) is 6.07 Å². The fourth-order valence-corrected chi connectivity index (χ4v) is 2.83. The summed E-state index contributed by atoms with van der Waals surface area (Å²) in [5.41, 5.74) is 1.79. The zero-order valence-corrected chi connectivity index (χ0v) is 15.9. The highest BCUT2D eigenvalue weighted by Gasteiger charge is 2.15. The second-order valence-electron chi connectivity index (χ2n) is 6.43. The van der Waals surface area contributed by atoms with Gasteiger partial charge in [0, 0.05) is 17.7 Å². The average molecular weight is 403 g/mol. The highest BCUT2D eigenvalue weighted by atomic mass is 19.1. The van der Waals surface area contributed by atoms with E-state index < -0.39 is 0 Å². The molecule has 6 nitrogen and oxygen atoms in total. The van der Waals surface area contributed by atoms with Crippen molar-refractivity contribution in [3.05, 3.63) is 90.2 Å². The zero-order chi connectivity index (χ0) is 20.8. The Balaban J connectivity index is 1.42. The lowest BCUT2D eigenvalue weighted by atomic mass is 10.2. The lowest BCUT2D eigenvalue weighted by molar-refractivity contribution is -0.123. The number of hydrogen-bond acceptors (Lipinski definition) is 5. The van der Waals surface area contributed by atoms with E-state index in [2.05, 4.69) is 15.5 Å². The second kappa shape index (κ2) is 9.00. The Morgan fingerprint density at radius 2 is 1.60 bits per heavy atom. The van der Waals surface area contributed by atoms with E-state index in [0.717, 1.165) is 5.56 Å². The molecule has 0 saturated heterocycles. The highest BCUT2D eigenvalue weighted by Crippen LogP contribution is 2.30. The molecule has 0 bridgehead atoms. The number of rotatable bonds is 7. The average Bonchev–Trinajstić information content (AvgIpc) is 3.28. The normalized spacial score (nSPS) is 10.6. The molecule has 4 rings (SSSR count). The first-order valence-electron chi connectivity index (χ1n) is 9.32. The minimum absolute atomic E-state index is 0.0839. The largest absolute Gasteiger partial charge is 0.483 e. The van der Waals surface area contributed by atoms with Crippen LogP contribution >= 0.6 is 0 Å². The van der Waals surface area contributed by atoms with Gasteiger partial charge in [-0.15, -0.1) is 10.2 Å². The first-order valence-corrected chi connectivity index (χ1v) is 9.32. The minimum Gasteiger partial charge on any atom is -0.483 e. The van der Waals surface area contributed by atoms with Crippen LogP contribution in [0.3, 0.4) is 0 Å². The number of nitrogens with zero attached hydrogens (tertiary/aromatic N) is 2. The maximum Gasteiger partial charge on any atom is 0.258 e. The highest BCUT2D eigenvalue weighted by molar-refractivity contribution is 5.78. The summed E-state index contributed by atoms with van der Waals surface area (Å²) in [6.07, 6.45) is 0. The van der Waals surface area contributed by atoms with Crippen molar-refractivity contribution in [1.29, 1.82) is 0 Å². The number of halogens is 1. The summed E-state index contributed by atoms with van der Waals surface area (Å²) in [7, 11) is 0. The molecule has 0 fully saturated rings. The van der Waals surface area contributed by atoms with Gasteiger partial charge in [0.1, 0.15) is 11.6 Å². The molecule has 0 radical (unpaired) electrons. The Kier molecular flexibility index (Phi) is 5.80. The number of carbonyl (C=O) groups excluding carboxylic acids is 1. The van der Waals surface area contributed by atoms with Crippen LogP contribution in [0, 0.1) is 5.82 Å². The molecule has 30 heavy (non-hydrogen) atoms. The van der Waals surface area contributed by atoms with Crippen molar-refractivity contribution in [2.75, 3.05) is 6.61 Å². The minimum atomic E-state index is -0.372. The third-order valence-electron chi connectivity index (χ3n) is 4.36. The van der Waals surface area contributed by atoms with Gasteiger partial charge in [-0.2, -0.15) is 0 Å². The molecule has 7 heteroatoms. The Hall–Kier alpha value is -4.00. The Morgan fingerprint density at radius 1 is 0.900 bits per heavy atom. The van der Waals surface area contributed by atoms with Crippen molar-refractivity contribution in [2.45, 2.75) is 6.54 Å². The van der Waals surface area contributed by atoms with Crippen LogP contribution in [0.15, 0.2) is 83.3 Å². The van der Waals surface area contributed by atoms with Crippen LogP contribution in [0.25, 0.3) is 22.9 Å². The van der Waals surface area contributed by atoms with Crippen molar-refractivity contribution in [3.8, 4) is 28.7 Å². The molecule has 1 amide bonds. The zero-order valence-electron chi connectivity index (χ0n) is 15.9. The summed E-state index contributed by atoms with van der Waals surface area (Å²) < 4.78 is 25.1.